The molecule has 0 spiro atoms. The van der Waals surface area contributed by atoms with E-state index >= 15 is 0 Å². The molecule has 5 heteroatoms. The van der Waals surface area contributed by atoms with Gasteiger partial charge < -0.3 is 14.5 Å². The van der Waals surface area contributed by atoms with Gasteiger partial charge >= 0.3 is 5.97 Å². The van der Waals surface area contributed by atoms with E-state index in [1.807, 2.05) is 6.92 Å². The standard InChI is InChI=1S/C16H18FNO3/c1-11(14-7-8-15(21-14)16(19)20-2)18-10-9-12-3-5-13(17)6-4-12/h3-8,11,18H,9-10H2,1-2H3. The van der Waals surface area contributed by atoms with Gasteiger partial charge in [-0.2, -0.15) is 0 Å². The number of furan rings is 1. The average Bonchev–Trinajstić information content (AvgIpc) is 2.98. The van der Waals surface area contributed by atoms with Crippen molar-refractivity contribution in [1.29, 1.82) is 0 Å². The van der Waals surface area contributed by atoms with Gasteiger partial charge in [-0.25, -0.2) is 9.18 Å². The molecule has 2 rings (SSSR count). The summed E-state index contributed by atoms with van der Waals surface area (Å²) in [6.07, 6.45) is 0.787. The molecule has 0 amide bonds. The van der Waals surface area contributed by atoms with E-state index in [9.17, 15) is 9.18 Å². The van der Waals surface area contributed by atoms with Gasteiger partial charge in [-0.05, 0) is 49.7 Å². The third kappa shape index (κ3) is 4.16. The fraction of sp³-hybridized carbons (Fsp3) is 0.312. The highest BCUT2D eigenvalue weighted by Gasteiger charge is 2.14. The summed E-state index contributed by atoms with van der Waals surface area (Å²) in [6, 6.07) is 9.76. The molecule has 112 valence electrons. The predicted molar refractivity (Wildman–Crippen MR) is 76.6 cm³/mol. The number of ether oxygens (including phenoxy) is 1. The summed E-state index contributed by atoms with van der Waals surface area (Å²) in [5.41, 5.74) is 1.06. The third-order valence-corrected chi connectivity index (χ3v) is 3.22. The largest absolute Gasteiger partial charge is 0.463 e. The van der Waals surface area contributed by atoms with Crippen LogP contribution < -0.4 is 5.32 Å². The molecule has 1 aromatic carbocycles. The van der Waals surface area contributed by atoms with Crippen molar-refractivity contribution < 1.29 is 18.3 Å². The minimum Gasteiger partial charge on any atom is -0.463 e. The molecule has 0 radical (unpaired) electrons. The van der Waals surface area contributed by atoms with Crippen molar-refractivity contribution in [3.63, 3.8) is 0 Å². The number of rotatable bonds is 6. The maximum Gasteiger partial charge on any atom is 0.373 e. The first kappa shape index (κ1) is 15.3. The van der Waals surface area contributed by atoms with Crippen molar-refractivity contribution in [2.75, 3.05) is 13.7 Å². The number of methoxy groups -OCH3 is 1. The zero-order chi connectivity index (χ0) is 15.2. The van der Waals surface area contributed by atoms with Gasteiger partial charge in [0, 0.05) is 0 Å². The van der Waals surface area contributed by atoms with Crippen LogP contribution in [0.5, 0.6) is 0 Å². The van der Waals surface area contributed by atoms with Crippen LogP contribution in [0, 0.1) is 5.82 Å². The molecule has 0 fully saturated rings. The summed E-state index contributed by atoms with van der Waals surface area (Å²) >= 11 is 0. The molecule has 1 unspecified atom stereocenters. The van der Waals surface area contributed by atoms with E-state index in [2.05, 4.69) is 10.1 Å². The van der Waals surface area contributed by atoms with Gasteiger partial charge in [0.2, 0.25) is 5.76 Å². The van der Waals surface area contributed by atoms with Crippen molar-refractivity contribution in [3.05, 3.63) is 59.3 Å². The third-order valence-electron chi connectivity index (χ3n) is 3.22. The summed E-state index contributed by atoms with van der Waals surface area (Å²) in [5, 5.41) is 3.29. The second kappa shape index (κ2) is 7.04. The molecule has 2 aromatic rings. The molecule has 1 atom stereocenters. The quantitative estimate of drug-likeness (QED) is 0.831. The SMILES string of the molecule is COC(=O)c1ccc(C(C)NCCc2ccc(F)cc2)o1. The molecule has 1 aromatic heterocycles. The lowest BCUT2D eigenvalue weighted by Gasteiger charge is -2.11. The van der Waals surface area contributed by atoms with Crippen LogP contribution in [0.2, 0.25) is 0 Å². The average molecular weight is 291 g/mol. The Morgan fingerprint density at radius 3 is 2.67 bits per heavy atom. The fourth-order valence-electron chi connectivity index (χ4n) is 1.98. The number of hydrogen-bond donors (Lipinski definition) is 1. The van der Waals surface area contributed by atoms with Gasteiger partial charge in [-0.1, -0.05) is 12.1 Å². The van der Waals surface area contributed by atoms with E-state index in [0.717, 1.165) is 18.5 Å². The Labute approximate surface area is 122 Å². The molecule has 4 nitrogen and oxygen atoms in total. The van der Waals surface area contributed by atoms with Crippen molar-refractivity contribution in [3.8, 4) is 0 Å². The van der Waals surface area contributed by atoms with Crippen LogP contribution in [0.3, 0.4) is 0 Å². The molecule has 1 N–H and O–H groups in total. The van der Waals surface area contributed by atoms with E-state index in [4.69, 9.17) is 4.42 Å². The molecule has 0 saturated heterocycles. The van der Waals surface area contributed by atoms with E-state index in [-0.39, 0.29) is 17.6 Å². The maximum atomic E-state index is 12.8. The molecule has 21 heavy (non-hydrogen) atoms. The molecule has 0 bridgehead atoms. The highest BCUT2D eigenvalue weighted by Crippen LogP contribution is 2.16. The Hall–Kier alpha value is -2.14. The maximum absolute atomic E-state index is 12.8. The first-order valence-electron chi connectivity index (χ1n) is 6.76. The summed E-state index contributed by atoms with van der Waals surface area (Å²) in [6.45, 7) is 2.67. The zero-order valence-electron chi connectivity index (χ0n) is 12.1. The molecular weight excluding hydrogens is 273 g/mol. The fourth-order valence-corrected chi connectivity index (χ4v) is 1.98. The second-order valence-corrected chi connectivity index (χ2v) is 4.75. The molecule has 0 aliphatic rings. The van der Waals surface area contributed by atoms with E-state index in [1.54, 1.807) is 24.3 Å². The van der Waals surface area contributed by atoms with Gasteiger partial charge in [0.05, 0.1) is 13.2 Å². The minimum absolute atomic E-state index is 0.0242. The Bertz CT molecular complexity index is 592. The lowest BCUT2D eigenvalue weighted by Crippen LogP contribution is -2.21. The molecule has 0 aliphatic carbocycles. The zero-order valence-corrected chi connectivity index (χ0v) is 12.1. The number of esters is 1. The Morgan fingerprint density at radius 2 is 2.00 bits per heavy atom. The number of benzene rings is 1. The molecule has 1 heterocycles. The van der Waals surface area contributed by atoms with Crippen LogP contribution >= 0.6 is 0 Å². The molecule has 0 aliphatic heterocycles. The first-order valence-corrected chi connectivity index (χ1v) is 6.76. The Kier molecular flexibility index (Phi) is 5.11. The smallest absolute Gasteiger partial charge is 0.373 e. The number of carbonyl (C=O) groups is 1. The Balaban J connectivity index is 1.84. The monoisotopic (exact) mass is 291 g/mol. The van der Waals surface area contributed by atoms with Crippen molar-refractivity contribution in [2.24, 2.45) is 0 Å². The minimum atomic E-state index is -0.486. The van der Waals surface area contributed by atoms with E-state index < -0.39 is 5.97 Å². The van der Waals surface area contributed by atoms with Crippen LogP contribution in [-0.4, -0.2) is 19.6 Å². The number of nitrogens with one attached hydrogen (secondary N) is 1. The highest BCUT2D eigenvalue weighted by atomic mass is 19.1. The van der Waals surface area contributed by atoms with E-state index in [1.165, 1.54) is 19.2 Å². The first-order chi connectivity index (χ1) is 10.1. The van der Waals surface area contributed by atoms with Crippen molar-refractivity contribution in [2.45, 2.75) is 19.4 Å². The van der Waals surface area contributed by atoms with Gasteiger partial charge in [-0.15, -0.1) is 0 Å². The van der Waals surface area contributed by atoms with Gasteiger partial charge in [-0.3, -0.25) is 0 Å². The van der Waals surface area contributed by atoms with Gasteiger partial charge in [0.1, 0.15) is 11.6 Å². The Morgan fingerprint density at radius 1 is 1.29 bits per heavy atom. The number of carbonyl (C=O) groups excluding carboxylic acids is 1. The van der Waals surface area contributed by atoms with Crippen LogP contribution in [0.25, 0.3) is 0 Å². The topological polar surface area (TPSA) is 51.5 Å². The number of hydrogen-bond acceptors (Lipinski definition) is 4. The summed E-state index contributed by atoms with van der Waals surface area (Å²) in [5.74, 6) is 0.153. The van der Waals surface area contributed by atoms with Crippen LogP contribution in [-0.2, 0) is 11.2 Å². The highest BCUT2D eigenvalue weighted by molar-refractivity contribution is 5.86. The van der Waals surface area contributed by atoms with Crippen LogP contribution in [0.4, 0.5) is 4.39 Å². The number of halogens is 1. The summed E-state index contributed by atoms with van der Waals surface area (Å²) in [7, 11) is 1.31. The lowest BCUT2D eigenvalue weighted by molar-refractivity contribution is 0.0562. The van der Waals surface area contributed by atoms with Crippen molar-refractivity contribution in [1.82, 2.24) is 5.32 Å². The van der Waals surface area contributed by atoms with Crippen LogP contribution in [0.1, 0.15) is 34.8 Å². The lowest BCUT2D eigenvalue weighted by atomic mass is 10.1. The second-order valence-electron chi connectivity index (χ2n) is 4.75. The van der Waals surface area contributed by atoms with Gasteiger partial charge in [0.25, 0.3) is 0 Å². The predicted octanol–water partition coefficient (Wildman–Crippen LogP) is 3.10. The molecular formula is C16H18FNO3. The van der Waals surface area contributed by atoms with E-state index in [0.29, 0.717) is 5.76 Å². The van der Waals surface area contributed by atoms with Crippen LogP contribution in [0.15, 0.2) is 40.8 Å². The van der Waals surface area contributed by atoms with Crippen molar-refractivity contribution >= 4 is 5.97 Å². The van der Waals surface area contributed by atoms with Gasteiger partial charge in [0.15, 0.2) is 0 Å². The molecule has 0 saturated carbocycles. The summed E-state index contributed by atoms with van der Waals surface area (Å²) < 4.78 is 22.8. The summed E-state index contributed by atoms with van der Waals surface area (Å²) in [4.78, 5) is 11.3. The normalized spacial score (nSPS) is 12.1.